The van der Waals surface area contributed by atoms with Gasteiger partial charge < -0.3 is 14.6 Å². The van der Waals surface area contributed by atoms with Gasteiger partial charge in [0.05, 0.1) is 23.7 Å². The number of carbonyl (C=O) groups is 3. The molecule has 6 nitrogen and oxygen atoms in total. The molecule has 0 spiro atoms. The van der Waals surface area contributed by atoms with E-state index in [9.17, 15) is 19.5 Å². The molecule has 0 saturated carbocycles. The molecule has 0 amide bonds. The van der Waals surface area contributed by atoms with Gasteiger partial charge in [-0.05, 0) is 13.0 Å². The Hall–Kier alpha value is -2.47. The standard InChI is InChI=1S/C16H12O6/c1-6-11-13(16-9(21-6)5-10(18)22-16)14(19)7-3-2-4-8(17)12(7)15(11)20/h2-4,6,9,16-17H,5H2,1H3/t6-,9-,16+/m0/s1. The fraction of sp³-hybridized carbons (Fsp3) is 0.312. The summed E-state index contributed by atoms with van der Waals surface area (Å²) in [5, 5.41) is 9.93. The lowest BCUT2D eigenvalue weighted by Crippen LogP contribution is -2.44. The minimum absolute atomic E-state index is 0.00975. The van der Waals surface area contributed by atoms with Crippen molar-refractivity contribution in [3.63, 3.8) is 0 Å². The number of hydrogen-bond donors (Lipinski definition) is 1. The van der Waals surface area contributed by atoms with Crippen molar-refractivity contribution in [1.29, 1.82) is 0 Å². The third-order valence-electron chi connectivity index (χ3n) is 4.33. The topological polar surface area (TPSA) is 89.9 Å². The molecule has 112 valence electrons. The number of ether oxygens (including phenoxy) is 2. The second-order valence-corrected chi connectivity index (χ2v) is 5.62. The van der Waals surface area contributed by atoms with E-state index >= 15 is 0 Å². The van der Waals surface area contributed by atoms with Crippen LogP contribution in [0.1, 0.15) is 34.1 Å². The number of carbonyl (C=O) groups excluding carboxylic acids is 3. The van der Waals surface area contributed by atoms with Crippen LogP contribution in [0.3, 0.4) is 0 Å². The number of benzene rings is 1. The summed E-state index contributed by atoms with van der Waals surface area (Å²) in [5.74, 6) is -1.52. The molecule has 0 aromatic heterocycles. The molecule has 1 N–H and O–H groups in total. The Morgan fingerprint density at radius 3 is 2.68 bits per heavy atom. The summed E-state index contributed by atoms with van der Waals surface area (Å²) in [5.41, 5.74) is 0.497. The summed E-state index contributed by atoms with van der Waals surface area (Å²) < 4.78 is 10.9. The van der Waals surface area contributed by atoms with E-state index in [1.54, 1.807) is 6.92 Å². The van der Waals surface area contributed by atoms with Crippen molar-refractivity contribution in [2.24, 2.45) is 0 Å². The van der Waals surface area contributed by atoms with Gasteiger partial charge in [-0.1, -0.05) is 12.1 Å². The van der Waals surface area contributed by atoms with Gasteiger partial charge in [0, 0.05) is 11.1 Å². The van der Waals surface area contributed by atoms with Crippen LogP contribution in [-0.2, 0) is 14.3 Å². The highest BCUT2D eigenvalue weighted by atomic mass is 16.6. The van der Waals surface area contributed by atoms with Crippen LogP contribution in [0.25, 0.3) is 0 Å². The molecule has 3 atom stereocenters. The zero-order chi connectivity index (χ0) is 15.6. The first kappa shape index (κ1) is 13.2. The first-order valence-corrected chi connectivity index (χ1v) is 6.99. The average molecular weight is 300 g/mol. The molecule has 0 unspecified atom stereocenters. The van der Waals surface area contributed by atoms with Crippen molar-refractivity contribution in [1.82, 2.24) is 0 Å². The second-order valence-electron chi connectivity index (χ2n) is 5.62. The molecule has 3 aliphatic rings. The molecule has 1 aromatic carbocycles. The predicted octanol–water partition coefficient (Wildman–Crippen LogP) is 1.17. The first-order chi connectivity index (χ1) is 10.5. The van der Waals surface area contributed by atoms with Gasteiger partial charge in [0.15, 0.2) is 17.7 Å². The molecule has 0 bridgehead atoms. The smallest absolute Gasteiger partial charge is 0.309 e. The monoisotopic (exact) mass is 300 g/mol. The molecule has 2 aliphatic heterocycles. The Labute approximate surface area is 125 Å². The maximum Gasteiger partial charge on any atom is 0.309 e. The number of esters is 1. The zero-order valence-electron chi connectivity index (χ0n) is 11.7. The molecule has 1 fully saturated rings. The van der Waals surface area contributed by atoms with E-state index in [4.69, 9.17) is 9.47 Å². The number of phenols is 1. The number of rotatable bonds is 0. The van der Waals surface area contributed by atoms with Crippen LogP contribution in [0, 0.1) is 0 Å². The normalized spacial score (nSPS) is 29.9. The SMILES string of the molecule is C[C@@H]1O[C@H]2CC(=O)O[C@H]2C2=C1C(=O)c1c(O)cccc1C2=O. The lowest BCUT2D eigenvalue weighted by molar-refractivity contribution is -0.140. The second kappa shape index (κ2) is 4.27. The Kier molecular flexibility index (Phi) is 2.56. The summed E-state index contributed by atoms with van der Waals surface area (Å²) in [6.07, 6.45) is -1.95. The van der Waals surface area contributed by atoms with Crippen molar-refractivity contribution in [3.05, 3.63) is 40.5 Å². The van der Waals surface area contributed by atoms with Crippen molar-refractivity contribution >= 4 is 17.5 Å². The van der Waals surface area contributed by atoms with Gasteiger partial charge >= 0.3 is 5.97 Å². The van der Waals surface area contributed by atoms with Crippen LogP contribution in [0.2, 0.25) is 0 Å². The van der Waals surface area contributed by atoms with Gasteiger partial charge in [-0.15, -0.1) is 0 Å². The summed E-state index contributed by atoms with van der Waals surface area (Å²) in [6.45, 7) is 1.66. The number of Topliss-reactive ketones (excluding diaryl/α,β-unsaturated/α-hetero) is 2. The van der Waals surface area contributed by atoms with Crippen molar-refractivity contribution in [2.45, 2.75) is 31.7 Å². The van der Waals surface area contributed by atoms with Crippen LogP contribution < -0.4 is 0 Å². The van der Waals surface area contributed by atoms with Crippen molar-refractivity contribution in [3.8, 4) is 5.75 Å². The van der Waals surface area contributed by atoms with Crippen LogP contribution in [0.5, 0.6) is 5.75 Å². The minimum atomic E-state index is -0.842. The number of phenolic OH excluding ortho intramolecular Hbond substituents is 1. The van der Waals surface area contributed by atoms with Gasteiger partial charge in [0.25, 0.3) is 0 Å². The number of aromatic hydroxyl groups is 1. The Balaban J connectivity index is 1.95. The third kappa shape index (κ3) is 1.55. The lowest BCUT2D eigenvalue weighted by atomic mass is 9.77. The van der Waals surface area contributed by atoms with Crippen molar-refractivity contribution < 1.29 is 29.0 Å². The molecule has 1 aliphatic carbocycles. The maximum atomic E-state index is 12.8. The summed E-state index contributed by atoms with van der Waals surface area (Å²) in [7, 11) is 0. The summed E-state index contributed by atoms with van der Waals surface area (Å²) in [6, 6.07) is 4.36. The molecular formula is C16H12O6. The van der Waals surface area contributed by atoms with Crippen LogP contribution >= 0.6 is 0 Å². The van der Waals surface area contributed by atoms with Gasteiger partial charge in [0.1, 0.15) is 11.9 Å². The molecule has 4 rings (SSSR count). The number of hydrogen-bond acceptors (Lipinski definition) is 6. The summed E-state index contributed by atoms with van der Waals surface area (Å²) in [4.78, 5) is 37.0. The first-order valence-electron chi connectivity index (χ1n) is 6.99. The van der Waals surface area contributed by atoms with Gasteiger partial charge in [0.2, 0.25) is 0 Å². The van der Waals surface area contributed by atoms with Crippen molar-refractivity contribution in [2.75, 3.05) is 0 Å². The average Bonchev–Trinajstić information content (AvgIpc) is 2.83. The Bertz CT molecular complexity index is 775. The molecule has 2 heterocycles. The zero-order valence-corrected chi connectivity index (χ0v) is 11.7. The van der Waals surface area contributed by atoms with E-state index < -0.39 is 30.1 Å². The molecule has 6 heteroatoms. The lowest BCUT2D eigenvalue weighted by Gasteiger charge is -2.35. The maximum absolute atomic E-state index is 12.8. The Morgan fingerprint density at radius 1 is 1.14 bits per heavy atom. The quantitative estimate of drug-likeness (QED) is 0.723. The largest absolute Gasteiger partial charge is 0.507 e. The highest BCUT2D eigenvalue weighted by molar-refractivity contribution is 6.28. The van der Waals surface area contributed by atoms with Gasteiger partial charge in [-0.25, -0.2) is 0 Å². The highest BCUT2D eigenvalue weighted by Gasteiger charge is 2.51. The molecule has 0 radical (unpaired) electrons. The highest BCUT2D eigenvalue weighted by Crippen LogP contribution is 2.42. The van der Waals surface area contributed by atoms with Gasteiger partial charge in [-0.2, -0.15) is 0 Å². The van der Waals surface area contributed by atoms with E-state index in [2.05, 4.69) is 0 Å². The van der Waals surface area contributed by atoms with Crippen LogP contribution in [0.15, 0.2) is 29.3 Å². The van der Waals surface area contributed by atoms with E-state index in [-0.39, 0.29) is 40.2 Å². The van der Waals surface area contributed by atoms with Gasteiger partial charge in [-0.3, -0.25) is 14.4 Å². The van der Waals surface area contributed by atoms with Crippen LogP contribution in [0.4, 0.5) is 0 Å². The third-order valence-corrected chi connectivity index (χ3v) is 4.33. The van der Waals surface area contributed by atoms with E-state index in [0.717, 1.165) is 0 Å². The number of ketones is 2. The molecule has 1 aromatic rings. The van der Waals surface area contributed by atoms with E-state index in [1.807, 2.05) is 0 Å². The molecular weight excluding hydrogens is 288 g/mol. The molecule has 22 heavy (non-hydrogen) atoms. The van der Waals surface area contributed by atoms with E-state index in [0.29, 0.717) is 0 Å². The number of fused-ring (bicyclic) bond motifs is 3. The summed E-state index contributed by atoms with van der Waals surface area (Å²) >= 11 is 0. The van der Waals surface area contributed by atoms with E-state index in [1.165, 1.54) is 18.2 Å². The minimum Gasteiger partial charge on any atom is -0.507 e. The predicted molar refractivity (Wildman–Crippen MR) is 72.6 cm³/mol. The Morgan fingerprint density at radius 2 is 1.91 bits per heavy atom. The fourth-order valence-electron chi connectivity index (χ4n) is 3.41. The van der Waals surface area contributed by atoms with Crippen LogP contribution in [-0.4, -0.2) is 41.0 Å². The molecule has 1 saturated heterocycles. The fourth-order valence-corrected chi connectivity index (χ4v) is 3.41.